The molecule has 1 N–H and O–H groups in total. The topological polar surface area (TPSA) is 36.0 Å². The van der Waals surface area contributed by atoms with E-state index in [-0.39, 0.29) is 6.10 Å². The maximum Gasteiger partial charge on any atom is 0.101 e. The van der Waals surface area contributed by atoms with Crippen molar-refractivity contribution in [3.8, 4) is 0 Å². The highest BCUT2D eigenvalue weighted by Crippen LogP contribution is 2.47. The molecule has 3 fully saturated rings. The highest BCUT2D eigenvalue weighted by atomic mass is 16.6. The SMILES string of the molecule is CN1[C@@H]2CC(O)C[C@H]1[C@H]1O[C@@H]12. The molecule has 3 heteroatoms. The Morgan fingerprint density at radius 3 is 2.36 bits per heavy atom. The average molecular weight is 155 g/mol. The van der Waals surface area contributed by atoms with Crippen LogP contribution >= 0.6 is 0 Å². The van der Waals surface area contributed by atoms with Gasteiger partial charge in [0.2, 0.25) is 0 Å². The summed E-state index contributed by atoms with van der Waals surface area (Å²) in [5, 5.41) is 9.46. The Labute approximate surface area is 65.9 Å². The summed E-state index contributed by atoms with van der Waals surface area (Å²) in [7, 11) is 2.15. The highest BCUT2D eigenvalue weighted by Gasteiger charge is 2.62. The van der Waals surface area contributed by atoms with E-state index >= 15 is 0 Å². The second-order valence-electron chi connectivity index (χ2n) is 3.99. The first kappa shape index (κ1) is 6.40. The van der Waals surface area contributed by atoms with Gasteiger partial charge in [0, 0.05) is 12.1 Å². The van der Waals surface area contributed by atoms with Crippen molar-refractivity contribution in [2.24, 2.45) is 0 Å². The molecule has 0 radical (unpaired) electrons. The highest BCUT2D eigenvalue weighted by molar-refractivity contribution is 5.13. The molecule has 3 saturated heterocycles. The summed E-state index contributed by atoms with van der Waals surface area (Å²) in [5.74, 6) is 0. The number of aliphatic hydroxyl groups excluding tert-OH is 1. The Morgan fingerprint density at radius 2 is 1.82 bits per heavy atom. The number of ether oxygens (including phenoxy) is 1. The molecule has 11 heavy (non-hydrogen) atoms. The molecule has 0 spiro atoms. The Kier molecular flexibility index (Phi) is 1.04. The van der Waals surface area contributed by atoms with E-state index < -0.39 is 0 Å². The van der Waals surface area contributed by atoms with Gasteiger partial charge in [0.1, 0.15) is 12.2 Å². The van der Waals surface area contributed by atoms with Crippen LogP contribution in [-0.4, -0.2) is 47.4 Å². The largest absolute Gasteiger partial charge is 0.393 e. The number of hydrogen-bond donors (Lipinski definition) is 1. The molecular formula is C8H13NO2. The van der Waals surface area contributed by atoms with Crippen molar-refractivity contribution in [1.29, 1.82) is 0 Å². The molecule has 5 atom stereocenters. The molecule has 3 rings (SSSR count). The molecule has 3 aliphatic heterocycles. The number of piperidine rings is 1. The third kappa shape index (κ3) is 0.687. The number of hydrogen-bond acceptors (Lipinski definition) is 3. The van der Waals surface area contributed by atoms with Crippen LogP contribution < -0.4 is 0 Å². The molecule has 0 aliphatic carbocycles. The zero-order valence-electron chi connectivity index (χ0n) is 6.60. The van der Waals surface area contributed by atoms with E-state index in [0.717, 1.165) is 12.8 Å². The summed E-state index contributed by atoms with van der Waals surface area (Å²) >= 11 is 0. The van der Waals surface area contributed by atoms with E-state index in [1.807, 2.05) is 0 Å². The van der Waals surface area contributed by atoms with Crippen LogP contribution in [0.2, 0.25) is 0 Å². The van der Waals surface area contributed by atoms with E-state index in [1.54, 1.807) is 0 Å². The molecular weight excluding hydrogens is 142 g/mol. The van der Waals surface area contributed by atoms with Gasteiger partial charge < -0.3 is 9.84 Å². The molecule has 0 saturated carbocycles. The molecule has 62 valence electrons. The first-order valence-corrected chi connectivity index (χ1v) is 4.33. The molecule has 0 aromatic carbocycles. The maximum atomic E-state index is 9.46. The van der Waals surface area contributed by atoms with Gasteiger partial charge >= 0.3 is 0 Å². The number of nitrogens with zero attached hydrogens (tertiary/aromatic N) is 1. The number of likely N-dealkylation sites (N-methyl/N-ethyl adjacent to an activating group) is 1. The normalized spacial score (nSPS) is 61.1. The number of rotatable bonds is 0. The van der Waals surface area contributed by atoms with E-state index in [4.69, 9.17) is 4.74 Å². The molecule has 3 heterocycles. The Balaban J connectivity index is 1.90. The number of morpholine rings is 1. The van der Waals surface area contributed by atoms with Gasteiger partial charge in [-0.25, -0.2) is 0 Å². The van der Waals surface area contributed by atoms with Crippen LogP contribution in [-0.2, 0) is 4.74 Å². The minimum atomic E-state index is -0.0717. The first-order valence-electron chi connectivity index (χ1n) is 4.33. The average Bonchev–Trinajstić information content (AvgIpc) is 2.66. The number of aliphatic hydroxyl groups is 1. The van der Waals surface area contributed by atoms with Crippen molar-refractivity contribution in [2.45, 2.75) is 43.2 Å². The van der Waals surface area contributed by atoms with Gasteiger partial charge in [0.25, 0.3) is 0 Å². The van der Waals surface area contributed by atoms with Gasteiger partial charge in [-0.3, -0.25) is 4.90 Å². The lowest BCUT2D eigenvalue weighted by atomic mass is 10.00. The Morgan fingerprint density at radius 1 is 1.27 bits per heavy atom. The Bertz CT molecular complexity index is 179. The molecule has 0 aromatic rings. The summed E-state index contributed by atoms with van der Waals surface area (Å²) in [5.41, 5.74) is 0. The maximum absolute atomic E-state index is 9.46. The lowest BCUT2D eigenvalue weighted by Gasteiger charge is -2.36. The van der Waals surface area contributed by atoms with Crippen molar-refractivity contribution in [1.82, 2.24) is 4.90 Å². The third-order valence-electron chi connectivity index (χ3n) is 3.39. The van der Waals surface area contributed by atoms with Crippen LogP contribution in [0.5, 0.6) is 0 Å². The fourth-order valence-corrected chi connectivity index (χ4v) is 2.72. The van der Waals surface area contributed by atoms with Gasteiger partial charge in [-0.15, -0.1) is 0 Å². The van der Waals surface area contributed by atoms with Crippen molar-refractivity contribution in [3.63, 3.8) is 0 Å². The van der Waals surface area contributed by atoms with Crippen molar-refractivity contribution in [2.75, 3.05) is 7.05 Å². The molecule has 0 aromatic heterocycles. The summed E-state index contributed by atoms with van der Waals surface area (Å²) < 4.78 is 5.49. The quantitative estimate of drug-likeness (QED) is 0.483. The van der Waals surface area contributed by atoms with Gasteiger partial charge in [-0.2, -0.15) is 0 Å². The smallest absolute Gasteiger partial charge is 0.101 e. The standard InChI is InChI=1S/C8H13NO2/c1-9-5-2-4(10)3-6(9)8-7(5)11-8/h4-8,10H,2-3H2,1H3/t4?,5-,6+,7-,8-/m1/s1. The van der Waals surface area contributed by atoms with Crippen molar-refractivity contribution in [3.05, 3.63) is 0 Å². The van der Waals surface area contributed by atoms with Gasteiger partial charge in [-0.1, -0.05) is 0 Å². The van der Waals surface area contributed by atoms with Crippen LogP contribution in [0.25, 0.3) is 0 Å². The van der Waals surface area contributed by atoms with E-state index in [1.165, 1.54) is 0 Å². The fourth-order valence-electron chi connectivity index (χ4n) is 2.72. The fraction of sp³-hybridized carbons (Fsp3) is 1.00. The van der Waals surface area contributed by atoms with Crippen molar-refractivity contribution < 1.29 is 9.84 Å². The minimum Gasteiger partial charge on any atom is -0.393 e. The summed E-state index contributed by atoms with van der Waals surface area (Å²) in [6.45, 7) is 0. The van der Waals surface area contributed by atoms with Crippen LogP contribution in [0.3, 0.4) is 0 Å². The van der Waals surface area contributed by atoms with Crippen LogP contribution in [0.4, 0.5) is 0 Å². The van der Waals surface area contributed by atoms with E-state index in [2.05, 4.69) is 11.9 Å². The summed E-state index contributed by atoms with van der Waals surface area (Å²) in [6.07, 6.45) is 2.67. The lowest BCUT2D eigenvalue weighted by Crippen LogP contribution is -2.46. The lowest BCUT2D eigenvalue weighted by molar-refractivity contribution is 0.00149. The minimum absolute atomic E-state index is 0.0717. The summed E-state index contributed by atoms with van der Waals surface area (Å²) in [4.78, 5) is 2.38. The zero-order valence-corrected chi connectivity index (χ0v) is 6.60. The predicted molar refractivity (Wildman–Crippen MR) is 39.2 cm³/mol. The van der Waals surface area contributed by atoms with E-state index in [9.17, 15) is 5.11 Å². The second kappa shape index (κ2) is 1.79. The third-order valence-corrected chi connectivity index (χ3v) is 3.39. The second-order valence-corrected chi connectivity index (χ2v) is 3.99. The molecule has 1 unspecified atom stereocenters. The zero-order chi connectivity index (χ0) is 7.59. The van der Waals surface area contributed by atoms with Crippen LogP contribution in [0.15, 0.2) is 0 Å². The monoisotopic (exact) mass is 155 g/mol. The van der Waals surface area contributed by atoms with Crippen LogP contribution in [0, 0.1) is 0 Å². The van der Waals surface area contributed by atoms with E-state index in [0.29, 0.717) is 24.3 Å². The van der Waals surface area contributed by atoms with Crippen molar-refractivity contribution >= 4 is 0 Å². The molecule has 3 aliphatic rings. The Hall–Kier alpha value is -0.120. The molecule has 3 nitrogen and oxygen atoms in total. The molecule has 2 bridgehead atoms. The number of fused-ring (bicyclic) bond motifs is 5. The summed E-state index contributed by atoms with van der Waals surface area (Å²) in [6, 6.07) is 1.02. The number of epoxide rings is 1. The molecule has 0 amide bonds. The van der Waals surface area contributed by atoms with Gasteiger partial charge in [-0.05, 0) is 19.9 Å². The van der Waals surface area contributed by atoms with Gasteiger partial charge in [0.15, 0.2) is 0 Å². The first-order chi connectivity index (χ1) is 5.27. The van der Waals surface area contributed by atoms with Crippen LogP contribution in [0.1, 0.15) is 12.8 Å². The predicted octanol–water partition coefficient (Wildman–Crippen LogP) is -0.409. The van der Waals surface area contributed by atoms with Gasteiger partial charge in [0.05, 0.1) is 6.10 Å².